The molecule has 2 fully saturated rings. The number of hydrogen-bond donors (Lipinski definition) is 0. The van der Waals surface area contributed by atoms with Crippen molar-refractivity contribution in [2.45, 2.75) is 72.0 Å². The highest BCUT2D eigenvalue weighted by molar-refractivity contribution is 5.71. The highest BCUT2D eigenvalue weighted by Crippen LogP contribution is 2.28. The van der Waals surface area contributed by atoms with Gasteiger partial charge in [0.05, 0.1) is 17.9 Å². The lowest BCUT2D eigenvalue weighted by Crippen LogP contribution is -2.44. The van der Waals surface area contributed by atoms with Crippen molar-refractivity contribution in [1.82, 2.24) is 14.9 Å². The Balaban J connectivity index is 0.000000223. The molecule has 2 saturated heterocycles. The third-order valence-electron chi connectivity index (χ3n) is 5.25. The molecule has 2 aliphatic rings. The topological polar surface area (TPSA) is 53.9 Å². The van der Waals surface area contributed by atoms with E-state index in [-0.39, 0.29) is 0 Å². The summed E-state index contributed by atoms with van der Waals surface area (Å²) < 4.78 is 5.66. The molecular formula is C21H37N5O. The van der Waals surface area contributed by atoms with Crippen LogP contribution in [0.4, 0.5) is 11.5 Å². The maximum Gasteiger partial charge on any atom is 0.158 e. The van der Waals surface area contributed by atoms with E-state index in [0.717, 1.165) is 43.4 Å². The van der Waals surface area contributed by atoms with E-state index in [0.29, 0.717) is 12.2 Å². The van der Waals surface area contributed by atoms with Gasteiger partial charge < -0.3 is 14.5 Å². The van der Waals surface area contributed by atoms with Gasteiger partial charge in [-0.2, -0.15) is 0 Å². The van der Waals surface area contributed by atoms with Gasteiger partial charge in [0.15, 0.2) is 5.82 Å². The summed E-state index contributed by atoms with van der Waals surface area (Å²) in [6.45, 7) is 12.4. The van der Waals surface area contributed by atoms with Gasteiger partial charge in [-0.05, 0) is 47.1 Å². The Kier molecular flexibility index (Phi) is 9.15. The number of rotatable bonds is 5. The molecule has 3 rings (SSSR count). The predicted molar refractivity (Wildman–Crippen MR) is 113 cm³/mol. The lowest BCUT2D eigenvalue weighted by molar-refractivity contribution is 0.0497. The van der Waals surface area contributed by atoms with Crippen molar-refractivity contribution in [1.29, 1.82) is 0 Å². The molecule has 27 heavy (non-hydrogen) atoms. The second-order valence-electron chi connectivity index (χ2n) is 7.60. The fourth-order valence-electron chi connectivity index (χ4n) is 3.51. The van der Waals surface area contributed by atoms with E-state index in [1.807, 2.05) is 13.8 Å². The van der Waals surface area contributed by atoms with E-state index in [2.05, 4.69) is 45.7 Å². The van der Waals surface area contributed by atoms with Crippen LogP contribution in [0.15, 0.2) is 11.3 Å². The molecule has 0 spiro atoms. The summed E-state index contributed by atoms with van der Waals surface area (Å²) in [4.78, 5) is 17.6. The van der Waals surface area contributed by atoms with E-state index in [1.54, 1.807) is 12.5 Å². The second kappa shape index (κ2) is 11.3. The average Bonchev–Trinajstić information content (AvgIpc) is 3.08. The number of ether oxygens (including phenoxy) is 1. The molecule has 0 radical (unpaired) electrons. The van der Waals surface area contributed by atoms with Crippen LogP contribution in [0.5, 0.6) is 0 Å². The molecule has 1 aromatic heterocycles. The second-order valence-corrected chi connectivity index (χ2v) is 7.60. The van der Waals surface area contributed by atoms with E-state index >= 15 is 0 Å². The predicted octanol–water partition coefficient (Wildman–Crippen LogP) is 4.00. The van der Waals surface area contributed by atoms with E-state index < -0.39 is 0 Å². The first-order valence-corrected chi connectivity index (χ1v) is 10.4. The molecule has 3 heterocycles. The minimum atomic E-state index is 0.529. The molecule has 0 aromatic carbocycles. The van der Waals surface area contributed by atoms with Gasteiger partial charge in [-0.15, -0.1) is 0 Å². The van der Waals surface area contributed by atoms with Crippen LogP contribution in [-0.4, -0.2) is 66.5 Å². The molecule has 0 bridgehead atoms. The van der Waals surface area contributed by atoms with Gasteiger partial charge in [-0.25, -0.2) is 9.97 Å². The first-order valence-electron chi connectivity index (χ1n) is 10.4. The molecule has 6 heteroatoms. The Hall–Kier alpha value is -1.53. The van der Waals surface area contributed by atoms with Crippen molar-refractivity contribution >= 4 is 17.7 Å². The van der Waals surface area contributed by atoms with Crippen LogP contribution in [0.1, 0.15) is 58.6 Å². The van der Waals surface area contributed by atoms with Crippen molar-refractivity contribution < 1.29 is 4.74 Å². The van der Waals surface area contributed by atoms with Gasteiger partial charge in [0.25, 0.3) is 0 Å². The average molecular weight is 376 g/mol. The van der Waals surface area contributed by atoms with E-state index in [1.165, 1.54) is 32.1 Å². The number of likely N-dealkylation sites (N-methyl/N-ethyl adjacent to an activating group) is 1. The number of nitrogens with zero attached hydrogens (tertiary/aromatic N) is 5. The number of unbranched alkanes of at least 4 members (excludes halogenated alkanes) is 1. The summed E-state index contributed by atoms with van der Waals surface area (Å²) >= 11 is 0. The number of hydrogen-bond acceptors (Lipinski definition) is 6. The van der Waals surface area contributed by atoms with Crippen LogP contribution in [0.25, 0.3) is 0 Å². The van der Waals surface area contributed by atoms with Crippen molar-refractivity contribution in [3.8, 4) is 0 Å². The molecule has 0 N–H and O–H groups in total. The highest BCUT2D eigenvalue weighted by Gasteiger charge is 2.20. The Morgan fingerprint density at radius 3 is 2.56 bits per heavy atom. The maximum absolute atomic E-state index is 5.66. The lowest BCUT2D eigenvalue weighted by Gasteiger charge is -2.33. The summed E-state index contributed by atoms with van der Waals surface area (Å²) in [5.74, 6) is 0.962. The fraction of sp³-hybridized carbons (Fsp3) is 0.762. The third-order valence-corrected chi connectivity index (χ3v) is 5.25. The van der Waals surface area contributed by atoms with Crippen LogP contribution in [0, 0.1) is 6.92 Å². The first-order chi connectivity index (χ1) is 13.0. The Bertz CT molecular complexity index is 584. The smallest absolute Gasteiger partial charge is 0.158 e. The summed E-state index contributed by atoms with van der Waals surface area (Å²) in [6, 6.07) is 0. The number of aryl methyl sites for hydroxylation is 1. The molecule has 6 nitrogen and oxygen atoms in total. The summed E-state index contributed by atoms with van der Waals surface area (Å²) in [5, 5.41) is 0. The van der Waals surface area contributed by atoms with E-state index in [4.69, 9.17) is 4.74 Å². The molecule has 2 aliphatic heterocycles. The zero-order valence-corrected chi connectivity index (χ0v) is 17.8. The zero-order valence-electron chi connectivity index (χ0n) is 17.8. The molecule has 152 valence electrons. The normalized spacial score (nSPS) is 23.5. The summed E-state index contributed by atoms with van der Waals surface area (Å²) in [5.41, 5.74) is 1.84. The third kappa shape index (κ3) is 6.85. The number of aromatic nitrogens is 2. The maximum atomic E-state index is 5.66. The minimum Gasteiger partial charge on any atom is -0.375 e. The van der Waals surface area contributed by atoms with E-state index in [9.17, 15) is 0 Å². The molecule has 0 amide bonds. The number of aliphatic imine (C=N–C) groups is 1. The summed E-state index contributed by atoms with van der Waals surface area (Å²) in [6.07, 6.45) is 11.0. The van der Waals surface area contributed by atoms with Gasteiger partial charge in [-0.3, -0.25) is 4.99 Å². The quantitative estimate of drug-likeness (QED) is 0.728. The van der Waals surface area contributed by atoms with Crippen LogP contribution < -0.4 is 4.90 Å². The molecule has 0 aliphatic carbocycles. The van der Waals surface area contributed by atoms with Crippen LogP contribution in [0.2, 0.25) is 0 Å². The molecular weight excluding hydrogens is 338 g/mol. The van der Waals surface area contributed by atoms with Crippen LogP contribution in [0.3, 0.4) is 0 Å². The number of anilines is 1. The lowest BCUT2D eigenvalue weighted by atomic mass is 10.1. The zero-order chi connectivity index (χ0) is 19.6. The van der Waals surface area contributed by atoms with Gasteiger partial charge in [0.1, 0.15) is 12.0 Å². The highest BCUT2D eigenvalue weighted by atomic mass is 16.5. The molecule has 0 saturated carbocycles. The minimum absolute atomic E-state index is 0.529. The van der Waals surface area contributed by atoms with Crippen molar-refractivity contribution in [3.63, 3.8) is 0 Å². The molecule has 1 aromatic rings. The summed E-state index contributed by atoms with van der Waals surface area (Å²) in [7, 11) is 2.15. The first kappa shape index (κ1) is 21.8. The standard InChI is InChI=1S/C12H19N5.C9H18O/c1-4-13-11-10(2)14-9-15-12(11)17-7-5-16(3)6-8-17;1-3-4-5-9-7-6-8(2)10-9/h4,9H,5-8H2,1-3H3;8-9H,3-7H2,1-2H3. The van der Waals surface area contributed by atoms with Gasteiger partial charge in [-0.1, -0.05) is 19.8 Å². The molecule has 2 unspecified atom stereocenters. The van der Waals surface area contributed by atoms with Gasteiger partial charge in [0.2, 0.25) is 0 Å². The fourth-order valence-corrected chi connectivity index (χ4v) is 3.51. The van der Waals surface area contributed by atoms with Crippen molar-refractivity contribution in [2.75, 3.05) is 38.1 Å². The van der Waals surface area contributed by atoms with Crippen LogP contribution in [-0.2, 0) is 4.74 Å². The van der Waals surface area contributed by atoms with Crippen molar-refractivity contribution in [3.05, 3.63) is 12.0 Å². The Labute approximate surface area is 165 Å². The molecule has 2 atom stereocenters. The van der Waals surface area contributed by atoms with Gasteiger partial charge >= 0.3 is 0 Å². The van der Waals surface area contributed by atoms with Crippen LogP contribution >= 0.6 is 0 Å². The largest absolute Gasteiger partial charge is 0.375 e. The number of piperazine rings is 1. The Morgan fingerprint density at radius 1 is 1.22 bits per heavy atom. The van der Waals surface area contributed by atoms with Gasteiger partial charge in [0, 0.05) is 32.4 Å². The SMILES string of the molecule is CC=Nc1c(C)ncnc1N1CCN(C)CC1.CCCCC1CCC(C)O1. The monoisotopic (exact) mass is 375 g/mol. The van der Waals surface area contributed by atoms with Crippen molar-refractivity contribution in [2.24, 2.45) is 4.99 Å². The Morgan fingerprint density at radius 2 is 1.96 bits per heavy atom.